The first-order chi connectivity index (χ1) is 9.95. The molecule has 1 aromatic rings. The van der Waals surface area contributed by atoms with Crippen LogP contribution in [0.5, 0.6) is 0 Å². The van der Waals surface area contributed by atoms with Crippen LogP contribution in [0.3, 0.4) is 0 Å². The molecule has 1 N–H and O–H groups in total. The predicted octanol–water partition coefficient (Wildman–Crippen LogP) is 5.05. The molecule has 0 bridgehead atoms. The van der Waals surface area contributed by atoms with E-state index in [1.54, 1.807) is 0 Å². The molecule has 0 aliphatic carbocycles. The van der Waals surface area contributed by atoms with E-state index in [0.717, 1.165) is 25.3 Å². The third-order valence-corrected chi connectivity index (χ3v) is 3.00. The number of anilines is 1. The largest absolute Gasteiger partial charge is 0.449 e. The second-order valence-corrected chi connectivity index (χ2v) is 4.79. The Kier molecular flexibility index (Phi) is 7.36. The van der Waals surface area contributed by atoms with Gasteiger partial charge in [-0.1, -0.05) is 25.0 Å². The molecule has 0 saturated carbocycles. The number of carbonyl (C=O) groups is 1. The summed E-state index contributed by atoms with van der Waals surface area (Å²) in [5.74, 6) is 0.593. The number of para-hydroxylation sites is 1. The molecule has 118 valence electrons. The highest BCUT2D eigenvalue weighted by Crippen LogP contribution is 2.34. The molecular weight excluding hydrogens is 307 g/mol. The van der Waals surface area contributed by atoms with Gasteiger partial charge in [0.05, 0.1) is 17.9 Å². The number of hydrogen-bond donors (Lipinski definition) is 1. The average molecular weight is 324 g/mol. The van der Waals surface area contributed by atoms with Crippen LogP contribution in [0.15, 0.2) is 24.3 Å². The zero-order valence-electron chi connectivity index (χ0n) is 11.4. The summed E-state index contributed by atoms with van der Waals surface area (Å²) in [4.78, 5) is 11.5. The molecule has 1 aromatic carbocycles. The van der Waals surface area contributed by atoms with Gasteiger partial charge in [-0.25, -0.2) is 4.79 Å². The van der Waals surface area contributed by atoms with E-state index in [0.29, 0.717) is 12.3 Å². The molecule has 0 saturated heterocycles. The Morgan fingerprint density at radius 3 is 2.48 bits per heavy atom. The number of rotatable bonds is 7. The number of amides is 1. The van der Waals surface area contributed by atoms with Crippen LogP contribution >= 0.6 is 11.6 Å². The van der Waals surface area contributed by atoms with Gasteiger partial charge in [0.1, 0.15) is 0 Å². The quantitative estimate of drug-likeness (QED) is 0.563. The fraction of sp³-hybridized carbons (Fsp3) is 0.500. The van der Waals surface area contributed by atoms with Crippen LogP contribution in [-0.4, -0.2) is 18.6 Å². The minimum absolute atomic E-state index is 0.169. The molecule has 0 fully saturated rings. The second kappa shape index (κ2) is 8.77. The first-order valence-corrected chi connectivity index (χ1v) is 7.14. The zero-order valence-corrected chi connectivity index (χ0v) is 12.1. The van der Waals surface area contributed by atoms with Crippen molar-refractivity contribution in [3.8, 4) is 0 Å². The maximum atomic E-state index is 12.7. The van der Waals surface area contributed by atoms with Crippen molar-refractivity contribution in [2.45, 2.75) is 31.9 Å². The van der Waals surface area contributed by atoms with E-state index >= 15 is 0 Å². The first kappa shape index (κ1) is 17.6. The van der Waals surface area contributed by atoms with Gasteiger partial charge in [0, 0.05) is 5.88 Å². The number of unbranched alkanes of at least 4 members (excludes halogenated alkanes) is 3. The summed E-state index contributed by atoms with van der Waals surface area (Å²) in [6.45, 7) is 0.169. The normalized spacial score (nSPS) is 11.2. The van der Waals surface area contributed by atoms with Crippen LogP contribution in [0.25, 0.3) is 0 Å². The predicted molar refractivity (Wildman–Crippen MR) is 75.6 cm³/mol. The molecule has 7 heteroatoms. The minimum atomic E-state index is -4.52. The SMILES string of the molecule is O=C(Nc1ccccc1C(F)(F)F)OCCCCCCCl. The molecule has 0 aliphatic heterocycles. The number of nitrogens with one attached hydrogen (secondary N) is 1. The number of halogens is 4. The van der Waals surface area contributed by atoms with E-state index in [2.05, 4.69) is 5.32 Å². The van der Waals surface area contributed by atoms with Gasteiger partial charge in [-0.05, 0) is 25.0 Å². The van der Waals surface area contributed by atoms with E-state index in [1.165, 1.54) is 18.2 Å². The maximum Gasteiger partial charge on any atom is 0.418 e. The van der Waals surface area contributed by atoms with Gasteiger partial charge >= 0.3 is 12.3 Å². The lowest BCUT2D eigenvalue weighted by Crippen LogP contribution is -2.18. The first-order valence-electron chi connectivity index (χ1n) is 6.61. The van der Waals surface area contributed by atoms with Crippen LogP contribution < -0.4 is 5.32 Å². The van der Waals surface area contributed by atoms with E-state index in [4.69, 9.17) is 16.3 Å². The Morgan fingerprint density at radius 1 is 1.14 bits per heavy atom. The van der Waals surface area contributed by atoms with E-state index < -0.39 is 17.8 Å². The lowest BCUT2D eigenvalue weighted by molar-refractivity contribution is -0.136. The number of ether oxygens (including phenoxy) is 1. The van der Waals surface area contributed by atoms with Crippen molar-refractivity contribution in [3.05, 3.63) is 29.8 Å². The fourth-order valence-electron chi connectivity index (χ4n) is 1.70. The number of benzene rings is 1. The monoisotopic (exact) mass is 323 g/mol. The summed E-state index contributed by atoms with van der Waals surface area (Å²) in [6.07, 6.45) is -2.06. The van der Waals surface area contributed by atoms with Crippen molar-refractivity contribution in [1.82, 2.24) is 0 Å². The maximum absolute atomic E-state index is 12.7. The van der Waals surface area contributed by atoms with Crippen molar-refractivity contribution < 1.29 is 22.7 Å². The molecule has 0 aliphatic rings. The van der Waals surface area contributed by atoms with Crippen molar-refractivity contribution in [2.75, 3.05) is 17.8 Å². The second-order valence-electron chi connectivity index (χ2n) is 4.41. The third kappa shape index (κ3) is 6.71. The van der Waals surface area contributed by atoms with E-state index in [1.807, 2.05) is 0 Å². The molecular formula is C14H17ClF3NO2. The van der Waals surface area contributed by atoms with Crippen molar-refractivity contribution in [1.29, 1.82) is 0 Å². The Hall–Kier alpha value is -1.43. The summed E-state index contributed by atoms with van der Waals surface area (Å²) in [6, 6.07) is 4.76. The van der Waals surface area contributed by atoms with Crippen LogP contribution in [0, 0.1) is 0 Å². The van der Waals surface area contributed by atoms with Crippen LogP contribution in [-0.2, 0) is 10.9 Å². The van der Waals surface area contributed by atoms with Gasteiger partial charge in [0.15, 0.2) is 0 Å². The van der Waals surface area contributed by atoms with Crippen LogP contribution in [0.4, 0.5) is 23.7 Å². The van der Waals surface area contributed by atoms with Crippen molar-refractivity contribution in [2.24, 2.45) is 0 Å². The van der Waals surface area contributed by atoms with Crippen LogP contribution in [0.1, 0.15) is 31.2 Å². The molecule has 0 spiro atoms. The molecule has 0 aromatic heterocycles. The fourth-order valence-corrected chi connectivity index (χ4v) is 1.89. The highest BCUT2D eigenvalue weighted by molar-refractivity contribution is 6.17. The average Bonchev–Trinajstić information content (AvgIpc) is 2.42. The molecule has 1 amide bonds. The molecule has 3 nitrogen and oxygen atoms in total. The van der Waals surface area contributed by atoms with Gasteiger partial charge in [-0.3, -0.25) is 5.32 Å². The Labute approximate surface area is 126 Å². The minimum Gasteiger partial charge on any atom is -0.449 e. The summed E-state index contributed by atoms with van der Waals surface area (Å²) < 4.78 is 43.0. The zero-order chi connectivity index (χ0) is 15.7. The molecule has 0 heterocycles. The van der Waals surface area contributed by atoms with Gasteiger partial charge in [-0.15, -0.1) is 11.6 Å². The smallest absolute Gasteiger partial charge is 0.418 e. The summed E-state index contributed by atoms with van der Waals surface area (Å²) in [5, 5.41) is 2.12. The Balaban J connectivity index is 2.42. The molecule has 21 heavy (non-hydrogen) atoms. The summed E-state index contributed by atoms with van der Waals surface area (Å²) in [5.41, 5.74) is -1.21. The number of alkyl halides is 4. The van der Waals surface area contributed by atoms with E-state index in [9.17, 15) is 18.0 Å². The lowest BCUT2D eigenvalue weighted by Gasteiger charge is -2.13. The molecule has 0 unspecified atom stereocenters. The lowest BCUT2D eigenvalue weighted by atomic mass is 10.2. The molecule has 0 atom stereocenters. The van der Waals surface area contributed by atoms with Crippen molar-refractivity contribution >= 4 is 23.4 Å². The van der Waals surface area contributed by atoms with Gasteiger partial charge in [0.2, 0.25) is 0 Å². The van der Waals surface area contributed by atoms with Gasteiger partial charge in [0.25, 0.3) is 0 Å². The summed E-state index contributed by atoms with van der Waals surface area (Å²) >= 11 is 5.52. The molecule has 1 rings (SSSR count). The summed E-state index contributed by atoms with van der Waals surface area (Å²) in [7, 11) is 0. The highest BCUT2D eigenvalue weighted by atomic mass is 35.5. The Bertz CT molecular complexity index is 452. The molecule has 0 radical (unpaired) electrons. The van der Waals surface area contributed by atoms with Gasteiger partial charge < -0.3 is 4.74 Å². The Morgan fingerprint density at radius 2 is 1.81 bits per heavy atom. The van der Waals surface area contributed by atoms with Crippen molar-refractivity contribution in [3.63, 3.8) is 0 Å². The standard InChI is InChI=1S/C14H17ClF3NO2/c15-9-5-1-2-6-10-21-13(20)19-12-8-4-3-7-11(12)14(16,17)18/h3-4,7-8H,1-2,5-6,9-10H2,(H,19,20). The number of hydrogen-bond acceptors (Lipinski definition) is 2. The number of carbonyl (C=O) groups excluding carboxylic acids is 1. The van der Waals surface area contributed by atoms with Gasteiger partial charge in [-0.2, -0.15) is 13.2 Å². The van der Waals surface area contributed by atoms with Crippen LogP contribution in [0.2, 0.25) is 0 Å². The third-order valence-electron chi connectivity index (χ3n) is 2.73. The highest BCUT2D eigenvalue weighted by Gasteiger charge is 2.33. The topological polar surface area (TPSA) is 38.3 Å². The van der Waals surface area contributed by atoms with E-state index in [-0.39, 0.29) is 12.3 Å².